The highest BCUT2D eigenvalue weighted by Gasteiger charge is 2.23. The van der Waals surface area contributed by atoms with Crippen LogP contribution in [0.25, 0.3) is 10.9 Å². The number of pyridine rings is 1. The molecule has 0 aliphatic heterocycles. The van der Waals surface area contributed by atoms with Crippen LogP contribution in [0.15, 0.2) is 36.9 Å². The van der Waals surface area contributed by atoms with E-state index in [1.807, 2.05) is 29.0 Å². The zero-order valence-corrected chi connectivity index (χ0v) is 14.6. The highest BCUT2D eigenvalue weighted by molar-refractivity contribution is 6.31. The third kappa shape index (κ3) is 3.24. The summed E-state index contributed by atoms with van der Waals surface area (Å²) in [6.07, 6.45) is 9.22. The Morgan fingerprint density at radius 1 is 1.32 bits per heavy atom. The maximum absolute atomic E-state index is 12.9. The summed E-state index contributed by atoms with van der Waals surface area (Å²) in [5.74, 6) is -0.0292. The molecule has 0 atom stereocenters. The number of benzene rings is 1. The van der Waals surface area contributed by atoms with Crippen LogP contribution in [-0.2, 0) is 19.4 Å². The summed E-state index contributed by atoms with van der Waals surface area (Å²) in [5, 5.41) is 4.53. The normalized spacial score (nSPS) is 13.2. The summed E-state index contributed by atoms with van der Waals surface area (Å²) in [4.78, 5) is 21.6. The lowest BCUT2D eigenvalue weighted by molar-refractivity contribution is 0.0953. The Bertz CT molecular complexity index is 921. The van der Waals surface area contributed by atoms with E-state index in [0.717, 1.165) is 60.0 Å². The Labute approximate surface area is 151 Å². The van der Waals surface area contributed by atoms with Crippen molar-refractivity contribution in [1.82, 2.24) is 19.9 Å². The van der Waals surface area contributed by atoms with Gasteiger partial charge in [-0.15, -0.1) is 0 Å². The molecule has 0 fully saturated rings. The molecule has 0 saturated carbocycles. The maximum Gasteiger partial charge on any atom is 0.252 e. The molecule has 5 nitrogen and oxygen atoms in total. The number of nitrogens with one attached hydrogen (secondary N) is 1. The molecule has 6 heteroatoms. The molecule has 1 aliphatic rings. The van der Waals surface area contributed by atoms with Crippen LogP contribution in [-0.4, -0.2) is 27.0 Å². The van der Waals surface area contributed by atoms with E-state index in [9.17, 15) is 4.79 Å². The molecule has 0 radical (unpaired) electrons. The quantitative estimate of drug-likeness (QED) is 0.714. The second-order valence-electron chi connectivity index (χ2n) is 6.34. The molecule has 128 valence electrons. The lowest BCUT2D eigenvalue weighted by Gasteiger charge is -2.13. The van der Waals surface area contributed by atoms with Crippen LogP contribution in [0.4, 0.5) is 0 Å². The first-order valence-corrected chi connectivity index (χ1v) is 8.95. The topological polar surface area (TPSA) is 59.8 Å². The smallest absolute Gasteiger partial charge is 0.252 e. The summed E-state index contributed by atoms with van der Waals surface area (Å²) in [5.41, 5.74) is 3.73. The lowest BCUT2D eigenvalue weighted by atomic mass is 10.0. The zero-order chi connectivity index (χ0) is 17.2. The average Bonchev–Trinajstić information content (AvgIpc) is 3.27. The molecule has 3 aromatic rings. The zero-order valence-electron chi connectivity index (χ0n) is 13.8. The predicted molar refractivity (Wildman–Crippen MR) is 98.0 cm³/mol. The van der Waals surface area contributed by atoms with Crippen LogP contribution in [0.1, 0.15) is 34.5 Å². The second-order valence-corrected chi connectivity index (χ2v) is 6.77. The van der Waals surface area contributed by atoms with Crippen molar-refractivity contribution in [3.05, 3.63) is 58.8 Å². The van der Waals surface area contributed by atoms with Gasteiger partial charge in [-0.05, 0) is 49.4 Å². The van der Waals surface area contributed by atoms with Crippen LogP contribution in [0.3, 0.4) is 0 Å². The largest absolute Gasteiger partial charge is 0.352 e. The van der Waals surface area contributed by atoms with E-state index >= 15 is 0 Å². The molecule has 1 aromatic carbocycles. The highest BCUT2D eigenvalue weighted by Crippen LogP contribution is 2.31. The first-order chi connectivity index (χ1) is 12.2. The van der Waals surface area contributed by atoms with Crippen molar-refractivity contribution in [2.45, 2.75) is 32.2 Å². The van der Waals surface area contributed by atoms with Crippen LogP contribution in [0.2, 0.25) is 5.02 Å². The average molecular weight is 355 g/mol. The lowest BCUT2D eigenvalue weighted by Crippen LogP contribution is -2.26. The van der Waals surface area contributed by atoms with Gasteiger partial charge in [0.2, 0.25) is 0 Å². The number of rotatable bonds is 5. The minimum Gasteiger partial charge on any atom is -0.352 e. The molecule has 1 aliphatic carbocycles. The van der Waals surface area contributed by atoms with Crippen molar-refractivity contribution >= 4 is 28.4 Å². The van der Waals surface area contributed by atoms with Crippen molar-refractivity contribution < 1.29 is 4.79 Å². The molecule has 0 saturated heterocycles. The fourth-order valence-corrected chi connectivity index (χ4v) is 3.64. The minimum absolute atomic E-state index is 0.0292. The van der Waals surface area contributed by atoms with Gasteiger partial charge in [0, 0.05) is 41.6 Å². The van der Waals surface area contributed by atoms with Gasteiger partial charge in [0.1, 0.15) is 0 Å². The number of fused-ring (bicyclic) bond motifs is 2. The summed E-state index contributed by atoms with van der Waals surface area (Å²) < 4.78 is 2.01. The molecular formula is C19H19ClN4O. The Morgan fingerprint density at radius 3 is 3.08 bits per heavy atom. The molecule has 1 N–H and O–H groups in total. The Morgan fingerprint density at radius 2 is 2.24 bits per heavy atom. The van der Waals surface area contributed by atoms with Crippen LogP contribution in [0, 0.1) is 0 Å². The van der Waals surface area contributed by atoms with E-state index in [4.69, 9.17) is 16.6 Å². The van der Waals surface area contributed by atoms with Gasteiger partial charge in [0.15, 0.2) is 0 Å². The molecule has 0 spiro atoms. The van der Waals surface area contributed by atoms with E-state index < -0.39 is 0 Å². The number of nitrogens with zero attached hydrogens (tertiary/aromatic N) is 3. The number of aromatic nitrogens is 3. The number of hydrogen-bond donors (Lipinski definition) is 1. The minimum atomic E-state index is -0.0292. The van der Waals surface area contributed by atoms with Crippen molar-refractivity contribution in [3.8, 4) is 0 Å². The first kappa shape index (κ1) is 16.1. The van der Waals surface area contributed by atoms with E-state index in [-0.39, 0.29) is 5.91 Å². The van der Waals surface area contributed by atoms with Gasteiger partial charge in [-0.2, -0.15) is 0 Å². The molecular weight excluding hydrogens is 336 g/mol. The third-order valence-electron chi connectivity index (χ3n) is 4.64. The second kappa shape index (κ2) is 6.84. The van der Waals surface area contributed by atoms with Crippen molar-refractivity contribution in [1.29, 1.82) is 0 Å². The highest BCUT2D eigenvalue weighted by atomic mass is 35.5. The van der Waals surface area contributed by atoms with E-state index in [2.05, 4.69) is 10.3 Å². The molecule has 4 rings (SSSR count). The number of carbonyl (C=O) groups excluding carboxylic acids is 1. The number of carbonyl (C=O) groups is 1. The molecule has 0 bridgehead atoms. The number of halogens is 1. The van der Waals surface area contributed by atoms with Gasteiger partial charge in [0.25, 0.3) is 5.91 Å². The Balaban J connectivity index is 1.56. The van der Waals surface area contributed by atoms with Crippen molar-refractivity contribution in [2.24, 2.45) is 0 Å². The van der Waals surface area contributed by atoms with E-state index in [1.165, 1.54) is 0 Å². The first-order valence-electron chi connectivity index (χ1n) is 8.57. The third-order valence-corrected chi connectivity index (χ3v) is 4.87. The Hall–Kier alpha value is -2.40. The van der Waals surface area contributed by atoms with Crippen LogP contribution in [0.5, 0.6) is 0 Å². The van der Waals surface area contributed by atoms with Gasteiger partial charge in [0.05, 0.1) is 17.4 Å². The van der Waals surface area contributed by atoms with E-state index in [0.29, 0.717) is 11.6 Å². The van der Waals surface area contributed by atoms with E-state index in [1.54, 1.807) is 12.5 Å². The molecule has 2 heterocycles. The molecule has 0 unspecified atom stereocenters. The predicted octanol–water partition coefficient (Wildman–Crippen LogP) is 3.39. The number of imidazole rings is 1. The van der Waals surface area contributed by atoms with Crippen LogP contribution >= 0.6 is 11.6 Å². The van der Waals surface area contributed by atoms with Gasteiger partial charge in [-0.3, -0.25) is 9.78 Å². The van der Waals surface area contributed by atoms with Crippen molar-refractivity contribution in [3.63, 3.8) is 0 Å². The van der Waals surface area contributed by atoms with Crippen molar-refractivity contribution in [2.75, 3.05) is 6.54 Å². The van der Waals surface area contributed by atoms with Gasteiger partial charge in [-0.25, -0.2) is 4.98 Å². The standard InChI is InChI=1S/C19H19ClN4O/c20-13-5-6-17-15(11-13)18(14-3-1-4-16(14)23-17)19(25)22-7-2-9-24-10-8-21-12-24/h5-6,8,10-12H,1-4,7,9H2,(H,22,25). The SMILES string of the molecule is O=C(NCCCn1ccnc1)c1c2c(nc3ccc(Cl)cc13)CCC2. The fraction of sp³-hybridized carbons (Fsp3) is 0.316. The monoisotopic (exact) mass is 354 g/mol. The molecule has 25 heavy (non-hydrogen) atoms. The van der Waals surface area contributed by atoms with Gasteiger partial charge in [-0.1, -0.05) is 11.6 Å². The Kier molecular flexibility index (Phi) is 4.40. The van der Waals surface area contributed by atoms with Crippen LogP contribution < -0.4 is 5.32 Å². The summed E-state index contributed by atoms with van der Waals surface area (Å²) >= 11 is 6.16. The summed E-state index contributed by atoms with van der Waals surface area (Å²) in [6, 6.07) is 5.57. The van der Waals surface area contributed by atoms with Gasteiger partial charge >= 0.3 is 0 Å². The maximum atomic E-state index is 12.9. The summed E-state index contributed by atoms with van der Waals surface area (Å²) in [7, 11) is 0. The number of hydrogen-bond acceptors (Lipinski definition) is 3. The van der Waals surface area contributed by atoms with Gasteiger partial charge < -0.3 is 9.88 Å². The fourth-order valence-electron chi connectivity index (χ4n) is 3.46. The number of aryl methyl sites for hydroxylation is 2. The summed E-state index contributed by atoms with van der Waals surface area (Å²) in [6.45, 7) is 1.46. The molecule has 1 amide bonds. The molecule has 2 aromatic heterocycles. The number of amides is 1.